The van der Waals surface area contributed by atoms with Crippen LogP contribution in [0.4, 0.5) is 0 Å². The summed E-state index contributed by atoms with van der Waals surface area (Å²) in [5.74, 6) is 0.245. The first-order valence-electron chi connectivity index (χ1n) is 12.7. The van der Waals surface area contributed by atoms with Crippen molar-refractivity contribution < 1.29 is 14.6 Å². The molecule has 1 aliphatic heterocycles. The van der Waals surface area contributed by atoms with Crippen LogP contribution in [-0.2, 0) is 14.9 Å². The Morgan fingerprint density at radius 1 is 1.06 bits per heavy atom. The number of carbonyl (C=O) groups is 1. The number of allylic oxidation sites excluding steroid dienone is 2. The van der Waals surface area contributed by atoms with Crippen molar-refractivity contribution in [1.82, 2.24) is 4.90 Å². The molecule has 1 unspecified atom stereocenters. The van der Waals surface area contributed by atoms with Crippen LogP contribution in [0.25, 0.3) is 0 Å². The Labute approximate surface area is 209 Å². The van der Waals surface area contributed by atoms with Gasteiger partial charge in [-0.25, -0.2) is 0 Å². The van der Waals surface area contributed by atoms with E-state index in [1.54, 1.807) is 6.08 Å². The number of aliphatic hydroxyl groups excluding tert-OH is 1. The molecule has 0 saturated carbocycles. The topological polar surface area (TPSA) is 75.8 Å². The van der Waals surface area contributed by atoms with Crippen LogP contribution in [0.1, 0.15) is 50.7 Å². The Kier molecular flexibility index (Phi) is 7.78. The summed E-state index contributed by atoms with van der Waals surface area (Å²) in [4.78, 5) is 15.6. The lowest BCUT2D eigenvalue weighted by Gasteiger charge is -2.40. The van der Waals surface area contributed by atoms with Gasteiger partial charge < -0.3 is 15.6 Å². The lowest BCUT2D eigenvalue weighted by atomic mass is 9.69. The summed E-state index contributed by atoms with van der Waals surface area (Å²) in [5.41, 5.74) is 7.05. The van der Waals surface area contributed by atoms with E-state index < -0.39 is 5.41 Å². The van der Waals surface area contributed by atoms with Gasteiger partial charge in [-0.15, -0.1) is 0 Å². The molecule has 2 aromatic rings. The zero-order valence-electron chi connectivity index (χ0n) is 20.9. The SMILES string of the molecule is CC(C)(CCC(C(N)=O)(c1ccccc1)c1ccccc1)N1CC[C@@H](OCC2C=C(O)C=CC2)C1. The van der Waals surface area contributed by atoms with Gasteiger partial charge in [-0.2, -0.15) is 0 Å². The van der Waals surface area contributed by atoms with E-state index in [4.69, 9.17) is 10.5 Å². The molecule has 1 aliphatic carbocycles. The van der Waals surface area contributed by atoms with Crippen LogP contribution in [0, 0.1) is 5.92 Å². The summed E-state index contributed by atoms with van der Waals surface area (Å²) in [6, 6.07) is 19.9. The quantitative estimate of drug-likeness (QED) is 0.501. The standard InChI is InChI=1S/C30H38N2O3/c1-29(2,32-19-16-27(21-32)35-22-23-10-9-15-26(33)20-23)17-18-30(28(31)34,24-11-5-3-6-12-24)25-13-7-4-8-14-25/h3-9,11-15,20,23,27,33H,10,16-19,21-22H2,1-2H3,(H2,31,34)/t23?,27-/m1/s1. The largest absolute Gasteiger partial charge is 0.508 e. The molecule has 1 amide bonds. The number of likely N-dealkylation sites (tertiary alicyclic amines) is 1. The Morgan fingerprint density at radius 2 is 1.69 bits per heavy atom. The first-order valence-corrected chi connectivity index (χ1v) is 12.7. The maximum Gasteiger partial charge on any atom is 0.232 e. The molecule has 5 heteroatoms. The summed E-state index contributed by atoms with van der Waals surface area (Å²) in [6.07, 6.45) is 9.14. The normalized spacial score (nSPS) is 21.1. The van der Waals surface area contributed by atoms with Gasteiger partial charge in [0, 0.05) is 24.5 Å². The summed E-state index contributed by atoms with van der Waals surface area (Å²) < 4.78 is 6.23. The number of aliphatic hydroxyl groups is 1. The number of hydrogen-bond acceptors (Lipinski definition) is 4. The van der Waals surface area contributed by atoms with Gasteiger partial charge in [-0.1, -0.05) is 66.7 Å². The number of nitrogens with zero attached hydrogens (tertiary/aromatic N) is 1. The number of nitrogens with two attached hydrogens (primary N) is 1. The minimum Gasteiger partial charge on any atom is -0.508 e. The lowest BCUT2D eigenvalue weighted by molar-refractivity contribution is -0.122. The maximum atomic E-state index is 13.1. The molecular formula is C30H38N2O3. The highest BCUT2D eigenvalue weighted by Gasteiger charge is 2.43. The molecule has 0 bridgehead atoms. The minimum absolute atomic E-state index is 0.117. The molecule has 1 heterocycles. The van der Waals surface area contributed by atoms with E-state index in [-0.39, 0.29) is 23.5 Å². The average molecular weight is 475 g/mol. The van der Waals surface area contributed by atoms with Crippen LogP contribution in [0.5, 0.6) is 0 Å². The summed E-state index contributed by atoms with van der Waals surface area (Å²) >= 11 is 0. The van der Waals surface area contributed by atoms with Gasteiger partial charge in [0.1, 0.15) is 5.76 Å². The first kappa shape index (κ1) is 25.2. The summed E-state index contributed by atoms with van der Waals surface area (Å²) in [7, 11) is 0. The number of hydrogen-bond donors (Lipinski definition) is 2. The number of rotatable bonds is 10. The zero-order valence-corrected chi connectivity index (χ0v) is 20.9. The summed E-state index contributed by atoms with van der Waals surface area (Å²) in [5, 5.41) is 9.73. The first-order chi connectivity index (χ1) is 16.8. The van der Waals surface area contributed by atoms with E-state index in [0.717, 1.165) is 43.5 Å². The fourth-order valence-corrected chi connectivity index (χ4v) is 5.48. The smallest absolute Gasteiger partial charge is 0.232 e. The molecule has 1 fully saturated rings. The van der Waals surface area contributed by atoms with Crippen molar-refractivity contribution in [2.45, 2.75) is 56.6 Å². The van der Waals surface area contributed by atoms with E-state index in [1.165, 1.54) is 0 Å². The Morgan fingerprint density at radius 3 is 2.26 bits per heavy atom. The number of ether oxygens (including phenoxy) is 1. The van der Waals surface area contributed by atoms with Crippen molar-refractivity contribution in [3.63, 3.8) is 0 Å². The number of primary amides is 1. The molecule has 5 nitrogen and oxygen atoms in total. The highest BCUT2D eigenvalue weighted by Crippen LogP contribution is 2.40. The summed E-state index contributed by atoms with van der Waals surface area (Å²) in [6.45, 7) is 6.96. The lowest BCUT2D eigenvalue weighted by Crippen LogP contribution is -2.47. The van der Waals surface area contributed by atoms with E-state index in [0.29, 0.717) is 18.8 Å². The van der Waals surface area contributed by atoms with Crippen LogP contribution in [-0.4, -0.2) is 47.3 Å². The van der Waals surface area contributed by atoms with E-state index >= 15 is 0 Å². The second-order valence-corrected chi connectivity index (χ2v) is 10.5. The van der Waals surface area contributed by atoms with Gasteiger partial charge in [0.05, 0.1) is 18.1 Å². The molecule has 2 aliphatic rings. The van der Waals surface area contributed by atoms with E-state index in [1.807, 2.05) is 72.8 Å². The van der Waals surface area contributed by atoms with Crippen LogP contribution in [0.2, 0.25) is 0 Å². The number of amides is 1. The fourth-order valence-electron chi connectivity index (χ4n) is 5.48. The third-order valence-corrected chi connectivity index (χ3v) is 7.75. The Hall–Kier alpha value is -2.89. The fraction of sp³-hybridized carbons (Fsp3) is 0.433. The predicted octanol–water partition coefficient (Wildman–Crippen LogP) is 5.13. The monoisotopic (exact) mass is 474 g/mol. The molecule has 0 radical (unpaired) electrons. The van der Waals surface area contributed by atoms with Crippen molar-refractivity contribution in [3.05, 3.63) is 95.8 Å². The van der Waals surface area contributed by atoms with Gasteiger partial charge >= 0.3 is 0 Å². The highest BCUT2D eigenvalue weighted by atomic mass is 16.5. The minimum atomic E-state index is -0.877. The second-order valence-electron chi connectivity index (χ2n) is 10.5. The molecule has 2 atom stereocenters. The molecule has 2 aromatic carbocycles. The average Bonchev–Trinajstić information content (AvgIpc) is 3.35. The van der Waals surface area contributed by atoms with Crippen LogP contribution in [0.3, 0.4) is 0 Å². The van der Waals surface area contributed by atoms with Crippen molar-refractivity contribution in [1.29, 1.82) is 0 Å². The third-order valence-electron chi connectivity index (χ3n) is 7.75. The van der Waals surface area contributed by atoms with Crippen molar-refractivity contribution in [3.8, 4) is 0 Å². The third kappa shape index (κ3) is 5.68. The maximum absolute atomic E-state index is 13.1. The number of benzene rings is 2. The van der Waals surface area contributed by atoms with Crippen molar-refractivity contribution in [2.24, 2.45) is 11.7 Å². The second kappa shape index (κ2) is 10.8. The van der Waals surface area contributed by atoms with Gasteiger partial charge in [0.15, 0.2) is 0 Å². The zero-order chi connectivity index (χ0) is 24.9. The molecular weight excluding hydrogens is 436 g/mol. The van der Waals surface area contributed by atoms with E-state index in [2.05, 4.69) is 18.7 Å². The molecule has 186 valence electrons. The number of carbonyl (C=O) groups excluding carboxylic acids is 1. The highest BCUT2D eigenvalue weighted by molar-refractivity contribution is 5.90. The molecule has 35 heavy (non-hydrogen) atoms. The Balaban J connectivity index is 1.45. The molecule has 4 rings (SSSR count). The Bertz CT molecular complexity index is 1010. The molecule has 3 N–H and O–H groups in total. The molecule has 0 spiro atoms. The van der Waals surface area contributed by atoms with Crippen LogP contribution >= 0.6 is 0 Å². The van der Waals surface area contributed by atoms with Crippen molar-refractivity contribution >= 4 is 5.91 Å². The molecule has 0 aromatic heterocycles. The van der Waals surface area contributed by atoms with Crippen molar-refractivity contribution in [2.75, 3.05) is 19.7 Å². The van der Waals surface area contributed by atoms with Gasteiger partial charge in [0.25, 0.3) is 0 Å². The van der Waals surface area contributed by atoms with Crippen LogP contribution < -0.4 is 5.73 Å². The van der Waals surface area contributed by atoms with Crippen LogP contribution in [0.15, 0.2) is 84.7 Å². The van der Waals surface area contributed by atoms with E-state index in [9.17, 15) is 9.90 Å². The predicted molar refractivity (Wildman–Crippen MR) is 140 cm³/mol. The van der Waals surface area contributed by atoms with Gasteiger partial charge in [-0.05, 0) is 62.8 Å². The van der Waals surface area contributed by atoms with Gasteiger partial charge in [-0.3, -0.25) is 9.69 Å². The van der Waals surface area contributed by atoms with Gasteiger partial charge in [0.2, 0.25) is 5.91 Å². The molecule has 1 saturated heterocycles.